The number of aromatic nitrogens is 1. The molecule has 1 aliphatic rings. The van der Waals surface area contributed by atoms with E-state index in [9.17, 15) is 9.59 Å². The fourth-order valence-electron chi connectivity index (χ4n) is 2.89. The molecule has 1 fully saturated rings. The number of carbonyl (C=O) groups is 2. The molecule has 1 N–H and O–H groups in total. The van der Waals surface area contributed by atoms with E-state index in [1.165, 1.54) is 0 Å². The van der Waals surface area contributed by atoms with Gasteiger partial charge in [0.15, 0.2) is 0 Å². The van der Waals surface area contributed by atoms with Gasteiger partial charge in [-0.05, 0) is 39.2 Å². The van der Waals surface area contributed by atoms with Crippen LogP contribution in [0.15, 0.2) is 0 Å². The van der Waals surface area contributed by atoms with Crippen molar-refractivity contribution < 1.29 is 9.59 Å². The molecule has 0 unspecified atom stereocenters. The minimum Gasteiger partial charge on any atom is -0.351 e. The summed E-state index contributed by atoms with van der Waals surface area (Å²) in [7, 11) is 1.92. The lowest BCUT2D eigenvalue weighted by molar-refractivity contribution is -0.117. The van der Waals surface area contributed by atoms with E-state index in [-0.39, 0.29) is 6.04 Å². The first kappa shape index (κ1) is 13.8. The van der Waals surface area contributed by atoms with Gasteiger partial charge in [0.25, 0.3) is 11.7 Å². The SMILES string of the molecule is Cc1c(C(=O)C(=O)NC2CCCC2)c(C)n(C)c1C. The molecule has 0 bridgehead atoms. The number of ketones is 1. The number of hydrogen-bond acceptors (Lipinski definition) is 2. The standard InChI is InChI=1S/C15H22N2O2/c1-9-10(2)17(4)11(3)13(9)14(18)15(19)16-12-7-5-6-8-12/h12H,5-8H2,1-4H3,(H,16,19). The van der Waals surface area contributed by atoms with Crippen LogP contribution in [-0.2, 0) is 11.8 Å². The summed E-state index contributed by atoms with van der Waals surface area (Å²) in [5, 5.41) is 2.86. The molecule has 0 saturated heterocycles. The molecule has 0 spiro atoms. The number of nitrogens with one attached hydrogen (secondary N) is 1. The first-order chi connectivity index (χ1) is 8.93. The maximum atomic E-state index is 12.3. The van der Waals surface area contributed by atoms with Gasteiger partial charge >= 0.3 is 0 Å². The van der Waals surface area contributed by atoms with Gasteiger partial charge in [-0.15, -0.1) is 0 Å². The molecule has 19 heavy (non-hydrogen) atoms. The zero-order valence-corrected chi connectivity index (χ0v) is 12.2. The average molecular weight is 262 g/mol. The molecule has 0 atom stereocenters. The van der Waals surface area contributed by atoms with Crippen molar-refractivity contribution >= 4 is 11.7 Å². The van der Waals surface area contributed by atoms with Gasteiger partial charge in [-0.2, -0.15) is 0 Å². The van der Waals surface area contributed by atoms with E-state index in [4.69, 9.17) is 0 Å². The summed E-state index contributed by atoms with van der Waals surface area (Å²) in [5.41, 5.74) is 3.37. The van der Waals surface area contributed by atoms with Crippen molar-refractivity contribution in [3.8, 4) is 0 Å². The number of amides is 1. The molecule has 4 heteroatoms. The summed E-state index contributed by atoms with van der Waals surface area (Å²) < 4.78 is 1.96. The lowest BCUT2D eigenvalue weighted by atomic mass is 10.1. The maximum Gasteiger partial charge on any atom is 0.292 e. The van der Waals surface area contributed by atoms with Crippen LogP contribution in [0.5, 0.6) is 0 Å². The Morgan fingerprint density at radius 2 is 1.68 bits per heavy atom. The first-order valence-electron chi connectivity index (χ1n) is 6.91. The second-order valence-corrected chi connectivity index (χ2v) is 5.51. The van der Waals surface area contributed by atoms with Crippen LogP contribution < -0.4 is 5.32 Å². The van der Waals surface area contributed by atoms with Crippen molar-refractivity contribution in [2.75, 3.05) is 0 Å². The monoisotopic (exact) mass is 262 g/mol. The molecule has 4 nitrogen and oxygen atoms in total. The van der Waals surface area contributed by atoms with Crippen LogP contribution in [-0.4, -0.2) is 22.3 Å². The van der Waals surface area contributed by atoms with Gasteiger partial charge in [-0.1, -0.05) is 12.8 Å². The van der Waals surface area contributed by atoms with E-state index in [2.05, 4.69) is 5.32 Å². The molecule has 104 valence electrons. The summed E-state index contributed by atoms with van der Waals surface area (Å²) in [6.07, 6.45) is 4.26. The quantitative estimate of drug-likeness (QED) is 0.670. The minimum absolute atomic E-state index is 0.182. The van der Waals surface area contributed by atoms with E-state index in [0.717, 1.165) is 42.6 Å². The van der Waals surface area contributed by atoms with Gasteiger partial charge in [0, 0.05) is 24.5 Å². The van der Waals surface area contributed by atoms with Crippen LogP contribution in [0.4, 0.5) is 0 Å². The predicted molar refractivity (Wildman–Crippen MR) is 74.4 cm³/mol. The Morgan fingerprint density at radius 1 is 1.11 bits per heavy atom. The lowest BCUT2D eigenvalue weighted by Crippen LogP contribution is -2.38. The van der Waals surface area contributed by atoms with Gasteiger partial charge in [0.2, 0.25) is 0 Å². The molecule has 0 aliphatic heterocycles. The third-order valence-electron chi connectivity index (χ3n) is 4.41. The molecule has 0 aromatic carbocycles. The third kappa shape index (κ3) is 2.44. The molecule has 1 amide bonds. The fraction of sp³-hybridized carbons (Fsp3) is 0.600. The summed E-state index contributed by atoms with van der Waals surface area (Å²) in [6.45, 7) is 5.75. The Labute approximate surface area is 114 Å². The average Bonchev–Trinajstić information content (AvgIpc) is 2.94. The second kappa shape index (κ2) is 5.19. The van der Waals surface area contributed by atoms with Crippen LogP contribution in [0.1, 0.15) is 53.0 Å². The van der Waals surface area contributed by atoms with E-state index in [0.29, 0.717) is 5.56 Å². The Hall–Kier alpha value is -1.58. The highest BCUT2D eigenvalue weighted by atomic mass is 16.2. The maximum absolute atomic E-state index is 12.3. The van der Waals surface area contributed by atoms with Gasteiger partial charge in [-0.3, -0.25) is 9.59 Å². The second-order valence-electron chi connectivity index (χ2n) is 5.51. The summed E-state index contributed by atoms with van der Waals surface area (Å²) in [6, 6.07) is 0.182. The number of Topliss-reactive ketones (excluding diaryl/α,β-unsaturated/α-hetero) is 1. The molecular formula is C15H22N2O2. The molecule has 1 saturated carbocycles. The van der Waals surface area contributed by atoms with Gasteiger partial charge in [0.1, 0.15) is 0 Å². The molecule has 1 heterocycles. The van der Waals surface area contributed by atoms with Crippen molar-refractivity contribution in [1.29, 1.82) is 0 Å². The highest BCUT2D eigenvalue weighted by molar-refractivity contribution is 6.43. The van der Waals surface area contributed by atoms with Crippen molar-refractivity contribution in [2.45, 2.75) is 52.5 Å². The largest absolute Gasteiger partial charge is 0.351 e. The van der Waals surface area contributed by atoms with Crippen molar-refractivity contribution in [3.05, 3.63) is 22.5 Å². The minimum atomic E-state index is -0.455. The Bertz CT molecular complexity index is 497. The lowest BCUT2D eigenvalue weighted by Gasteiger charge is -2.11. The van der Waals surface area contributed by atoms with E-state index in [1.807, 2.05) is 32.4 Å². The van der Waals surface area contributed by atoms with Gasteiger partial charge in [0.05, 0.1) is 5.56 Å². The zero-order valence-electron chi connectivity index (χ0n) is 12.2. The Morgan fingerprint density at radius 3 is 2.16 bits per heavy atom. The van der Waals surface area contributed by atoms with E-state index < -0.39 is 11.7 Å². The highest BCUT2D eigenvalue weighted by Crippen LogP contribution is 2.22. The summed E-state index contributed by atoms with van der Waals surface area (Å²) in [4.78, 5) is 24.4. The van der Waals surface area contributed by atoms with Crippen molar-refractivity contribution in [1.82, 2.24) is 9.88 Å². The summed E-state index contributed by atoms with van der Waals surface area (Å²) in [5.74, 6) is -0.852. The molecule has 1 aromatic rings. The topological polar surface area (TPSA) is 51.1 Å². The molecule has 0 radical (unpaired) electrons. The van der Waals surface area contributed by atoms with Crippen LogP contribution in [0.25, 0.3) is 0 Å². The van der Waals surface area contributed by atoms with Crippen LogP contribution >= 0.6 is 0 Å². The summed E-state index contributed by atoms with van der Waals surface area (Å²) >= 11 is 0. The molecule has 1 aliphatic carbocycles. The Kier molecular flexibility index (Phi) is 3.78. The van der Waals surface area contributed by atoms with E-state index >= 15 is 0 Å². The number of nitrogens with zero attached hydrogens (tertiary/aromatic N) is 1. The number of carbonyl (C=O) groups excluding carboxylic acids is 2. The van der Waals surface area contributed by atoms with Gasteiger partial charge in [-0.25, -0.2) is 0 Å². The van der Waals surface area contributed by atoms with E-state index in [1.54, 1.807) is 0 Å². The van der Waals surface area contributed by atoms with Crippen LogP contribution in [0, 0.1) is 20.8 Å². The van der Waals surface area contributed by atoms with Gasteiger partial charge < -0.3 is 9.88 Å². The zero-order chi connectivity index (χ0) is 14.2. The number of hydrogen-bond donors (Lipinski definition) is 1. The number of rotatable bonds is 3. The third-order valence-corrected chi connectivity index (χ3v) is 4.41. The molecular weight excluding hydrogens is 240 g/mol. The smallest absolute Gasteiger partial charge is 0.292 e. The molecule has 1 aromatic heterocycles. The first-order valence-corrected chi connectivity index (χ1v) is 6.91. The van der Waals surface area contributed by atoms with Crippen molar-refractivity contribution in [2.24, 2.45) is 7.05 Å². The molecule has 2 rings (SSSR count). The highest BCUT2D eigenvalue weighted by Gasteiger charge is 2.27. The van der Waals surface area contributed by atoms with Crippen LogP contribution in [0.3, 0.4) is 0 Å². The Balaban J connectivity index is 2.19. The fourth-order valence-corrected chi connectivity index (χ4v) is 2.89. The normalized spacial score (nSPS) is 15.8. The van der Waals surface area contributed by atoms with Crippen LogP contribution in [0.2, 0.25) is 0 Å². The predicted octanol–water partition coefficient (Wildman–Crippen LogP) is 2.19. The van der Waals surface area contributed by atoms with Crippen molar-refractivity contribution in [3.63, 3.8) is 0 Å².